The summed E-state index contributed by atoms with van der Waals surface area (Å²) in [5.41, 5.74) is 3.56. The van der Waals surface area contributed by atoms with Crippen molar-refractivity contribution < 1.29 is 9.53 Å². The van der Waals surface area contributed by atoms with E-state index in [1.54, 1.807) is 32.5 Å². The molecule has 2 N–H and O–H groups in total. The first-order chi connectivity index (χ1) is 21.0. The Morgan fingerprint density at radius 3 is 2.35 bits per heavy atom. The van der Waals surface area contributed by atoms with E-state index in [1.165, 1.54) is 17.0 Å². The molecule has 0 atom stereocenters. The molecular weight excluding hydrogens is 564 g/mol. The van der Waals surface area contributed by atoms with Gasteiger partial charge < -0.3 is 9.64 Å². The smallest absolute Gasteiger partial charge is 0.258 e. The third-order valence-corrected chi connectivity index (χ3v) is 7.73. The van der Waals surface area contributed by atoms with Gasteiger partial charge in [-0.05, 0) is 55.0 Å². The van der Waals surface area contributed by atoms with Crippen LogP contribution >= 0.6 is 11.3 Å². The van der Waals surface area contributed by atoms with Crippen LogP contribution in [0.1, 0.15) is 21.7 Å². The van der Waals surface area contributed by atoms with E-state index >= 15 is 0 Å². The number of rotatable bonds is 9. The van der Waals surface area contributed by atoms with Gasteiger partial charge in [0.15, 0.2) is 0 Å². The van der Waals surface area contributed by atoms with Gasteiger partial charge in [-0.1, -0.05) is 12.1 Å². The zero-order chi connectivity index (χ0) is 29.6. The topological polar surface area (TPSA) is 134 Å². The van der Waals surface area contributed by atoms with Crippen LogP contribution in [0.15, 0.2) is 72.4 Å². The predicted octanol–water partition coefficient (Wildman–Crippen LogP) is 4.42. The van der Waals surface area contributed by atoms with Crippen molar-refractivity contribution in [3.63, 3.8) is 0 Å². The first-order valence-electron chi connectivity index (χ1n) is 13.8. The number of benzene rings is 2. The molecule has 12 nitrogen and oxygen atoms in total. The number of amides is 1. The first kappa shape index (κ1) is 28.1. The molecule has 4 heterocycles. The van der Waals surface area contributed by atoms with Gasteiger partial charge in [0.2, 0.25) is 17.8 Å². The summed E-state index contributed by atoms with van der Waals surface area (Å²) in [5.74, 6) is 1.67. The molecule has 0 aliphatic carbocycles. The number of aromatic nitrogens is 6. The molecule has 13 heteroatoms. The molecule has 43 heavy (non-hydrogen) atoms. The Morgan fingerprint density at radius 2 is 1.63 bits per heavy atom. The molecule has 5 aromatic rings. The summed E-state index contributed by atoms with van der Waals surface area (Å²) in [6.45, 7) is 6.39. The number of methoxy groups -OCH3 is 1. The van der Waals surface area contributed by atoms with Crippen molar-refractivity contribution in [2.45, 2.75) is 13.5 Å². The summed E-state index contributed by atoms with van der Waals surface area (Å²) in [5, 5.41) is 8.43. The minimum absolute atomic E-state index is 0.134. The van der Waals surface area contributed by atoms with Crippen LogP contribution in [-0.2, 0) is 6.54 Å². The summed E-state index contributed by atoms with van der Waals surface area (Å²) < 4.78 is 5.27. The number of hydrogen-bond donors (Lipinski definition) is 2. The van der Waals surface area contributed by atoms with Crippen LogP contribution in [0.5, 0.6) is 5.75 Å². The minimum Gasteiger partial charge on any atom is -0.497 e. The lowest BCUT2D eigenvalue weighted by Crippen LogP contribution is -2.45. The fraction of sp³-hybridized carbons (Fsp3) is 0.233. The Bertz CT molecular complexity index is 1670. The second-order valence-electron chi connectivity index (χ2n) is 9.87. The van der Waals surface area contributed by atoms with E-state index in [-0.39, 0.29) is 17.8 Å². The van der Waals surface area contributed by atoms with Gasteiger partial charge in [0.1, 0.15) is 22.3 Å². The number of anilines is 4. The van der Waals surface area contributed by atoms with Crippen molar-refractivity contribution in [3.05, 3.63) is 89.3 Å². The highest BCUT2D eigenvalue weighted by Gasteiger charge is 2.18. The van der Waals surface area contributed by atoms with E-state index in [4.69, 9.17) is 4.74 Å². The zero-order valence-corrected chi connectivity index (χ0v) is 24.6. The van der Waals surface area contributed by atoms with Gasteiger partial charge in [0, 0.05) is 61.7 Å². The van der Waals surface area contributed by atoms with Gasteiger partial charge in [-0.2, -0.15) is 15.0 Å². The van der Waals surface area contributed by atoms with Crippen LogP contribution in [-0.4, -0.2) is 74.0 Å². The zero-order valence-electron chi connectivity index (χ0n) is 23.8. The number of aryl methyl sites for hydroxylation is 1. The summed E-state index contributed by atoms with van der Waals surface area (Å²) in [4.78, 5) is 43.7. The van der Waals surface area contributed by atoms with Crippen molar-refractivity contribution in [1.29, 1.82) is 0 Å². The summed E-state index contributed by atoms with van der Waals surface area (Å²) >= 11 is 1.48. The fourth-order valence-corrected chi connectivity index (χ4v) is 5.34. The molecule has 1 saturated heterocycles. The van der Waals surface area contributed by atoms with Gasteiger partial charge in [-0.25, -0.2) is 15.0 Å². The summed E-state index contributed by atoms with van der Waals surface area (Å²) in [7, 11) is 1.68. The van der Waals surface area contributed by atoms with Gasteiger partial charge in [0.05, 0.1) is 7.11 Å². The van der Waals surface area contributed by atoms with Crippen LogP contribution in [0.25, 0.3) is 10.7 Å². The van der Waals surface area contributed by atoms with E-state index < -0.39 is 0 Å². The van der Waals surface area contributed by atoms with Crippen LogP contribution in [0.4, 0.5) is 23.5 Å². The molecular formula is C30H30N10O2S. The van der Waals surface area contributed by atoms with Crippen molar-refractivity contribution >= 4 is 40.8 Å². The number of ether oxygens (including phenoxy) is 1. The van der Waals surface area contributed by atoms with Gasteiger partial charge in [-0.3, -0.25) is 20.3 Å². The number of hydrogen-bond acceptors (Lipinski definition) is 12. The molecule has 0 unspecified atom stereocenters. The molecule has 0 spiro atoms. The van der Waals surface area contributed by atoms with Crippen molar-refractivity contribution in [3.8, 4) is 16.5 Å². The van der Waals surface area contributed by atoms with Crippen LogP contribution in [0.2, 0.25) is 0 Å². The van der Waals surface area contributed by atoms with Gasteiger partial charge >= 0.3 is 0 Å². The lowest BCUT2D eigenvalue weighted by molar-refractivity contribution is 0.102. The average Bonchev–Trinajstić information content (AvgIpc) is 3.57. The Morgan fingerprint density at radius 1 is 0.860 bits per heavy atom. The predicted molar refractivity (Wildman–Crippen MR) is 166 cm³/mol. The van der Waals surface area contributed by atoms with E-state index in [1.807, 2.05) is 41.8 Å². The van der Waals surface area contributed by atoms with Gasteiger partial charge in [0.25, 0.3) is 5.91 Å². The molecule has 2 aromatic carbocycles. The highest BCUT2D eigenvalue weighted by atomic mass is 32.1. The largest absolute Gasteiger partial charge is 0.497 e. The maximum absolute atomic E-state index is 13.0. The minimum atomic E-state index is -0.307. The maximum atomic E-state index is 13.0. The molecule has 218 valence electrons. The highest BCUT2D eigenvalue weighted by molar-refractivity contribution is 7.13. The lowest BCUT2D eigenvalue weighted by Gasteiger charge is -2.36. The molecule has 1 fully saturated rings. The van der Waals surface area contributed by atoms with Crippen molar-refractivity contribution in [2.24, 2.45) is 0 Å². The lowest BCUT2D eigenvalue weighted by atomic mass is 10.1. The van der Waals surface area contributed by atoms with Crippen molar-refractivity contribution in [1.82, 2.24) is 34.8 Å². The number of carbonyl (C=O) groups is 1. The maximum Gasteiger partial charge on any atom is 0.258 e. The van der Waals surface area contributed by atoms with E-state index in [0.29, 0.717) is 23.0 Å². The second-order valence-corrected chi connectivity index (χ2v) is 10.8. The third-order valence-electron chi connectivity index (χ3n) is 6.94. The van der Waals surface area contributed by atoms with E-state index in [9.17, 15) is 4.79 Å². The summed E-state index contributed by atoms with van der Waals surface area (Å²) in [6, 6.07) is 17.6. The number of nitrogens with zero attached hydrogens (tertiary/aromatic N) is 8. The first-order valence-corrected chi connectivity index (χ1v) is 14.6. The average molecular weight is 595 g/mol. The molecule has 3 aromatic heterocycles. The summed E-state index contributed by atoms with van der Waals surface area (Å²) in [6.07, 6.45) is 3.36. The number of nitrogens with one attached hydrogen (secondary N) is 2. The second kappa shape index (κ2) is 12.9. The normalized spacial score (nSPS) is 13.5. The van der Waals surface area contributed by atoms with Crippen molar-refractivity contribution in [2.75, 3.05) is 48.8 Å². The van der Waals surface area contributed by atoms with Crippen LogP contribution in [0.3, 0.4) is 0 Å². The molecule has 1 aliphatic rings. The Balaban J connectivity index is 1.03. The van der Waals surface area contributed by atoms with Crippen LogP contribution in [0, 0.1) is 6.92 Å². The number of carbonyl (C=O) groups excluding carboxylic acids is 1. The molecule has 6 rings (SSSR count). The third kappa shape index (κ3) is 7.08. The molecule has 0 bridgehead atoms. The molecule has 1 amide bonds. The Kier molecular flexibility index (Phi) is 8.42. The fourth-order valence-electron chi connectivity index (χ4n) is 4.73. The van der Waals surface area contributed by atoms with Crippen LogP contribution < -0.4 is 20.3 Å². The van der Waals surface area contributed by atoms with E-state index in [0.717, 1.165) is 49.0 Å². The molecule has 0 radical (unpaired) electrons. The quantitative estimate of drug-likeness (QED) is 0.251. The number of thiazole rings is 1. The number of piperazine rings is 1. The van der Waals surface area contributed by atoms with Gasteiger partial charge in [-0.15, -0.1) is 11.3 Å². The van der Waals surface area contributed by atoms with E-state index in [2.05, 4.69) is 62.5 Å². The monoisotopic (exact) mass is 594 g/mol. The Labute approximate surface area is 252 Å². The standard InChI is InChI=1S/C30H30N10O2S/c1-20-33-29(38-30(34-20)37-28-32-12-11-25(35-28)27-31-13-18-43-27)36-26(41)22-5-3-21(4-6-22)19-39-14-16-40(17-15-39)23-7-9-24(42-2)10-8-23/h3-13,18H,14-17,19H2,1-2H3,(H2,32,33,34,35,36,37,38,41). The molecule has 0 saturated carbocycles. The highest BCUT2D eigenvalue weighted by Crippen LogP contribution is 2.22. The SMILES string of the molecule is COc1ccc(N2CCN(Cc3ccc(C(=O)Nc4nc(C)nc(Nc5nccc(-c6nccs6)n5)n4)cc3)CC2)cc1. The Hall–Kier alpha value is -5.01. The molecule has 1 aliphatic heterocycles.